The van der Waals surface area contributed by atoms with E-state index in [0.29, 0.717) is 25.1 Å². The minimum absolute atomic E-state index is 0.240. The van der Waals surface area contributed by atoms with Gasteiger partial charge in [0.25, 0.3) is 5.69 Å². The third-order valence-corrected chi connectivity index (χ3v) is 2.38. The number of non-ortho nitro benzene ring substituents is 1. The zero-order valence-electron chi connectivity index (χ0n) is 9.73. The van der Waals surface area contributed by atoms with E-state index in [-0.39, 0.29) is 5.69 Å². The molecule has 0 spiro atoms. The number of benzene rings is 1. The molecule has 90 valence electrons. The minimum atomic E-state index is -0.611. The Kier molecular flexibility index (Phi) is 4.94. The average Bonchev–Trinajstić information content (AvgIpc) is 2.28. The molecular formula is C11H14BFN2O2. The van der Waals surface area contributed by atoms with Gasteiger partial charge < -0.3 is 4.90 Å². The van der Waals surface area contributed by atoms with Gasteiger partial charge in [-0.2, -0.15) is 0 Å². The van der Waals surface area contributed by atoms with E-state index in [1.165, 1.54) is 12.1 Å². The largest absolute Gasteiger partial charge is 0.370 e. The predicted octanol–water partition coefficient (Wildman–Crippen LogP) is 2.54. The van der Waals surface area contributed by atoms with Crippen LogP contribution in [0.4, 0.5) is 15.8 Å². The molecule has 17 heavy (non-hydrogen) atoms. The van der Waals surface area contributed by atoms with Crippen LogP contribution >= 0.6 is 0 Å². The molecule has 0 bridgehead atoms. The molecular weight excluding hydrogens is 222 g/mol. The van der Waals surface area contributed by atoms with Crippen molar-refractivity contribution < 1.29 is 9.31 Å². The third kappa shape index (κ3) is 3.44. The average molecular weight is 236 g/mol. The normalized spacial score (nSPS) is 10.2. The van der Waals surface area contributed by atoms with Gasteiger partial charge in [-0.3, -0.25) is 10.1 Å². The molecule has 0 atom stereocenters. The molecule has 1 aromatic carbocycles. The zero-order valence-corrected chi connectivity index (χ0v) is 9.73. The van der Waals surface area contributed by atoms with Gasteiger partial charge in [0, 0.05) is 19.2 Å². The van der Waals surface area contributed by atoms with Crippen LogP contribution in [0.25, 0.3) is 0 Å². The second kappa shape index (κ2) is 6.22. The molecule has 0 aromatic heterocycles. The number of nitrogens with zero attached hydrogens (tertiary/aromatic N) is 2. The lowest BCUT2D eigenvalue weighted by Gasteiger charge is -2.24. The quantitative estimate of drug-likeness (QED) is 0.433. The summed E-state index contributed by atoms with van der Waals surface area (Å²) in [4.78, 5) is 11.7. The van der Waals surface area contributed by atoms with Gasteiger partial charge in [-0.15, -0.1) is 0 Å². The van der Waals surface area contributed by atoms with Gasteiger partial charge >= 0.3 is 0 Å². The Labute approximate surface area is 101 Å². The maximum atomic E-state index is 13.7. The number of anilines is 1. The van der Waals surface area contributed by atoms with Crippen molar-refractivity contribution in [2.45, 2.75) is 19.7 Å². The highest BCUT2D eigenvalue weighted by Crippen LogP contribution is 2.24. The van der Waals surface area contributed by atoms with Crippen molar-refractivity contribution >= 4 is 19.2 Å². The van der Waals surface area contributed by atoms with Crippen molar-refractivity contribution in [2.24, 2.45) is 0 Å². The highest BCUT2D eigenvalue weighted by molar-refractivity contribution is 6.08. The molecule has 0 saturated carbocycles. The summed E-state index contributed by atoms with van der Waals surface area (Å²) in [5, 5.41) is 10.5. The summed E-state index contributed by atoms with van der Waals surface area (Å²) in [6, 6.07) is 3.67. The molecule has 4 nitrogen and oxygen atoms in total. The van der Waals surface area contributed by atoms with Crippen molar-refractivity contribution in [2.75, 3.05) is 18.0 Å². The van der Waals surface area contributed by atoms with E-state index in [0.717, 1.165) is 12.5 Å². The maximum absolute atomic E-state index is 13.7. The summed E-state index contributed by atoms with van der Waals surface area (Å²) in [5.74, 6) is -0.582. The summed E-state index contributed by atoms with van der Waals surface area (Å²) >= 11 is 0. The molecule has 0 amide bonds. The van der Waals surface area contributed by atoms with Crippen molar-refractivity contribution in [1.82, 2.24) is 0 Å². The van der Waals surface area contributed by atoms with Crippen LogP contribution in [0.5, 0.6) is 0 Å². The van der Waals surface area contributed by atoms with Crippen molar-refractivity contribution in [1.29, 1.82) is 0 Å². The summed E-state index contributed by atoms with van der Waals surface area (Å²) < 4.78 is 13.7. The molecule has 1 rings (SSSR count). The van der Waals surface area contributed by atoms with Crippen LogP contribution in [0.1, 0.15) is 13.3 Å². The fourth-order valence-electron chi connectivity index (χ4n) is 1.64. The Morgan fingerprint density at radius 2 is 2.18 bits per heavy atom. The van der Waals surface area contributed by atoms with Gasteiger partial charge in [0.2, 0.25) is 0 Å². The smallest absolute Gasteiger partial charge is 0.272 e. The van der Waals surface area contributed by atoms with Crippen LogP contribution in [0.2, 0.25) is 6.32 Å². The molecule has 2 radical (unpaired) electrons. The fraction of sp³-hybridized carbons (Fsp3) is 0.455. The van der Waals surface area contributed by atoms with Gasteiger partial charge in [-0.05, 0) is 12.5 Å². The fourth-order valence-corrected chi connectivity index (χ4v) is 1.64. The molecule has 0 fully saturated rings. The Bertz CT molecular complexity index is 395. The lowest BCUT2D eigenvalue weighted by molar-refractivity contribution is -0.385. The first kappa shape index (κ1) is 13.5. The van der Waals surface area contributed by atoms with Crippen molar-refractivity contribution in [3.63, 3.8) is 0 Å². The Hall–Kier alpha value is -1.59. The van der Waals surface area contributed by atoms with Crippen molar-refractivity contribution in [3.05, 3.63) is 34.1 Å². The number of rotatable bonds is 6. The van der Waals surface area contributed by atoms with Crippen LogP contribution in [0.3, 0.4) is 0 Å². The monoisotopic (exact) mass is 236 g/mol. The van der Waals surface area contributed by atoms with Crippen LogP contribution in [-0.4, -0.2) is 25.9 Å². The van der Waals surface area contributed by atoms with E-state index in [9.17, 15) is 14.5 Å². The highest BCUT2D eigenvalue weighted by Gasteiger charge is 2.14. The van der Waals surface area contributed by atoms with E-state index in [4.69, 9.17) is 7.85 Å². The molecule has 0 saturated heterocycles. The number of halogens is 1. The molecule has 0 N–H and O–H groups in total. The van der Waals surface area contributed by atoms with Gasteiger partial charge in [-0.25, -0.2) is 4.39 Å². The van der Waals surface area contributed by atoms with Crippen LogP contribution in [0, 0.1) is 15.9 Å². The molecule has 0 unspecified atom stereocenters. The molecule has 6 heteroatoms. The molecule has 0 aliphatic rings. The van der Waals surface area contributed by atoms with Crippen molar-refractivity contribution in [3.8, 4) is 0 Å². The lowest BCUT2D eigenvalue weighted by atomic mass is 10.0. The van der Waals surface area contributed by atoms with Crippen LogP contribution < -0.4 is 4.90 Å². The Balaban J connectivity index is 2.99. The first-order chi connectivity index (χ1) is 8.10. The summed E-state index contributed by atoms with van der Waals surface area (Å²) in [6.07, 6.45) is 1.27. The molecule has 0 aliphatic carbocycles. The van der Waals surface area contributed by atoms with Gasteiger partial charge in [0.15, 0.2) is 5.82 Å². The third-order valence-electron chi connectivity index (χ3n) is 2.38. The van der Waals surface area contributed by atoms with Crippen LogP contribution in [0.15, 0.2) is 18.2 Å². The number of nitro groups is 1. The second-order valence-electron chi connectivity index (χ2n) is 3.67. The SMILES string of the molecule is [B]CCN(CCC)c1ccc([N+](=O)[O-])cc1F. The summed E-state index contributed by atoms with van der Waals surface area (Å²) in [5.41, 5.74) is 0.123. The standard InChI is InChI=1S/C11H14BFN2O2/c1-2-6-14(7-5-12)11-4-3-9(15(16)17)8-10(11)13/h3-4,8H,2,5-7H2,1H3. The lowest BCUT2D eigenvalue weighted by Crippen LogP contribution is -2.26. The van der Waals surface area contributed by atoms with E-state index in [1.807, 2.05) is 6.92 Å². The van der Waals surface area contributed by atoms with Gasteiger partial charge in [0.1, 0.15) is 0 Å². The first-order valence-corrected chi connectivity index (χ1v) is 5.49. The Morgan fingerprint density at radius 1 is 1.47 bits per heavy atom. The minimum Gasteiger partial charge on any atom is -0.370 e. The Morgan fingerprint density at radius 3 is 2.65 bits per heavy atom. The predicted molar refractivity (Wildman–Crippen MR) is 66.1 cm³/mol. The topological polar surface area (TPSA) is 46.4 Å². The summed E-state index contributed by atoms with van der Waals surface area (Å²) in [6.45, 7) is 3.18. The molecule has 1 aromatic rings. The number of hydrogen-bond donors (Lipinski definition) is 0. The zero-order chi connectivity index (χ0) is 12.8. The summed E-state index contributed by atoms with van der Waals surface area (Å²) in [7, 11) is 5.45. The number of hydrogen-bond acceptors (Lipinski definition) is 3. The van der Waals surface area contributed by atoms with E-state index >= 15 is 0 Å². The molecule has 0 aliphatic heterocycles. The molecule has 0 heterocycles. The number of nitro benzene ring substituents is 1. The van der Waals surface area contributed by atoms with Gasteiger partial charge in [0.05, 0.1) is 24.5 Å². The second-order valence-corrected chi connectivity index (χ2v) is 3.67. The van der Waals surface area contributed by atoms with E-state index in [2.05, 4.69) is 0 Å². The highest BCUT2D eigenvalue weighted by atomic mass is 19.1. The van der Waals surface area contributed by atoms with Gasteiger partial charge in [-0.1, -0.05) is 13.2 Å². The van der Waals surface area contributed by atoms with E-state index < -0.39 is 10.7 Å². The maximum Gasteiger partial charge on any atom is 0.272 e. The van der Waals surface area contributed by atoms with E-state index in [1.54, 1.807) is 4.90 Å². The first-order valence-electron chi connectivity index (χ1n) is 5.49. The van der Waals surface area contributed by atoms with Crippen LogP contribution in [-0.2, 0) is 0 Å².